The lowest BCUT2D eigenvalue weighted by Gasteiger charge is -2.20. The van der Waals surface area contributed by atoms with Gasteiger partial charge < -0.3 is 15.3 Å². The van der Waals surface area contributed by atoms with E-state index in [1.807, 2.05) is 43.5 Å². The maximum atomic E-state index is 11.7. The van der Waals surface area contributed by atoms with Crippen molar-refractivity contribution >= 4 is 29.2 Å². The number of para-hydroxylation sites is 1. The standard InChI is InChI=1S/C13H17N3OS/c1-7(2)10(12(14)17)16-11-8(3)5-4-6-9(11)15-13(16)18/h4-7,10H,1-3H3,(H2,14,17)(H,15,18). The molecule has 1 aromatic carbocycles. The average Bonchev–Trinajstić information content (AvgIpc) is 2.56. The molecule has 0 aliphatic carbocycles. The van der Waals surface area contributed by atoms with Crippen molar-refractivity contribution in [2.45, 2.75) is 26.8 Å². The summed E-state index contributed by atoms with van der Waals surface area (Å²) in [6.07, 6.45) is 0. The first kappa shape index (κ1) is 12.8. The van der Waals surface area contributed by atoms with E-state index in [2.05, 4.69) is 4.98 Å². The number of aromatic nitrogens is 2. The monoisotopic (exact) mass is 263 g/mol. The first-order valence-electron chi connectivity index (χ1n) is 5.92. The number of aromatic amines is 1. The number of primary amides is 1. The summed E-state index contributed by atoms with van der Waals surface area (Å²) in [6.45, 7) is 5.93. The van der Waals surface area contributed by atoms with Gasteiger partial charge in [-0.2, -0.15) is 0 Å². The quantitative estimate of drug-likeness (QED) is 0.836. The number of H-pyrrole nitrogens is 1. The Balaban J connectivity index is 2.81. The van der Waals surface area contributed by atoms with Crippen LogP contribution in [0.3, 0.4) is 0 Å². The van der Waals surface area contributed by atoms with Gasteiger partial charge in [-0.15, -0.1) is 0 Å². The SMILES string of the molecule is Cc1cccc2[nH]c(=S)n(C(C(N)=O)C(C)C)c12. The van der Waals surface area contributed by atoms with Crippen LogP contribution in [0.5, 0.6) is 0 Å². The van der Waals surface area contributed by atoms with E-state index in [0.717, 1.165) is 16.6 Å². The van der Waals surface area contributed by atoms with Crippen LogP contribution in [0.1, 0.15) is 25.5 Å². The Morgan fingerprint density at radius 2 is 2.11 bits per heavy atom. The number of nitrogens with zero attached hydrogens (tertiary/aromatic N) is 1. The lowest BCUT2D eigenvalue weighted by Crippen LogP contribution is -2.30. The summed E-state index contributed by atoms with van der Waals surface area (Å²) < 4.78 is 2.38. The molecule has 0 radical (unpaired) electrons. The first-order chi connectivity index (χ1) is 8.43. The van der Waals surface area contributed by atoms with Crippen molar-refractivity contribution in [2.24, 2.45) is 11.7 Å². The zero-order valence-corrected chi connectivity index (χ0v) is 11.5. The number of hydrogen-bond donors (Lipinski definition) is 2. The molecule has 1 atom stereocenters. The molecule has 1 unspecified atom stereocenters. The van der Waals surface area contributed by atoms with Crippen molar-refractivity contribution < 1.29 is 4.79 Å². The van der Waals surface area contributed by atoms with E-state index in [1.54, 1.807) is 0 Å². The molecule has 0 aliphatic rings. The van der Waals surface area contributed by atoms with Crippen LogP contribution in [-0.2, 0) is 4.79 Å². The predicted molar refractivity (Wildman–Crippen MR) is 74.9 cm³/mol. The topological polar surface area (TPSA) is 63.8 Å². The summed E-state index contributed by atoms with van der Waals surface area (Å²) in [4.78, 5) is 14.8. The molecule has 0 spiro atoms. The van der Waals surface area contributed by atoms with Gasteiger partial charge in [0.2, 0.25) is 5.91 Å². The average molecular weight is 263 g/mol. The van der Waals surface area contributed by atoms with E-state index in [1.165, 1.54) is 0 Å². The van der Waals surface area contributed by atoms with E-state index in [4.69, 9.17) is 18.0 Å². The molecule has 0 aliphatic heterocycles. The van der Waals surface area contributed by atoms with Gasteiger partial charge in [0.1, 0.15) is 6.04 Å². The third-order valence-corrected chi connectivity index (χ3v) is 3.44. The maximum Gasteiger partial charge on any atom is 0.240 e. The van der Waals surface area contributed by atoms with Crippen LogP contribution >= 0.6 is 12.2 Å². The fraction of sp³-hybridized carbons (Fsp3) is 0.385. The number of carbonyl (C=O) groups is 1. The van der Waals surface area contributed by atoms with Crippen LogP contribution in [0.4, 0.5) is 0 Å². The number of rotatable bonds is 3. The predicted octanol–water partition coefficient (Wildman–Crippen LogP) is 2.69. The summed E-state index contributed by atoms with van der Waals surface area (Å²) in [5.74, 6) is -0.266. The molecule has 0 saturated carbocycles. The minimum absolute atomic E-state index is 0.0906. The third-order valence-electron chi connectivity index (χ3n) is 3.14. The molecule has 0 fully saturated rings. The Morgan fingerprint density at radius 1 is 1.44 bits per heavy atom. The fourth-order valence-electron chi connectivity index (χ4n) is 2.38. The minimum Gasteiger partial charge on any atom is -0.368 e. The van der Waals surface area contributed by atoms with Crippen molar-refractivity contribution in [3.05, 3.63) is 28.5 Å². The highest BCUT2D eigenvalue weighted by molar-refractivity contribution is 7.71. The Labute approximate surface area is 111 Å². The number of hydrogen-bond acceptors (Lipinski definition) is 2. The van der Waals surface area contributed by atoms with Gasteiger partial charge in [-0.1, -0.05) is 26.0 Å². The number of fused-ring (bicyclic) bond motifs is 1. The smallest absolute Gasteiger partial charge is 0.240 e. The molecule has 18 heavy (non-hydrogen) atoms. The summed E-state index contributed by atoms with van der Waals surface area (Å²) in [5.41, 5.74) is 8.49. The maximum absolute atomic E-state index is 11.7. The second-order valence-electron chi connectivity index (χ2n) is 4.86. The number of aryl methyl sites for hydroxylation is 1. The number of nitrogens with one attached hydrogen (secondary N) is 1. The van der Waals surface area contributed by atoms with Gasteiger partial charge in [-0.05, 0) is 36.7 Å². The summed E-state index contributed by atoms with van der Waals surface area (Å²) in [6, 6.07) is 5.49. The van der Waals surface area contributed by atoms with Crippen LogP contribution in [0, 0.1) is 17.6 Å². The summed E-state index contributed by atoms with van der Waals surface area (Å²) in [5, 5.41) is 0. The Morgan fingerprint density at radius 3 is 2.67 bits per heavy atom. The summed E-state index contributed by atoms with van der Waals surface area (Å²) >= 11 is 5.33. The molecule has 5 heteroatoms. The molecule has 2 aromatic rings. The van der Waals surface area contributed by atoms with Gasteiger partial charge in [0.15, 0.2) is 4.77 Å². The summed E-state index contributed by atoms with van der Waals surface area (Å²) in [7, 11) is 0. The molecule has 1 aromatic heterocycles. The highest BCUT2D eigenvalue weighted by atomic mass is 32.1. The molecule has 1 amide bonds. The zero-order valence-electron chi connectivity index (χ0n) is 10.7. The van der Waals surface area contributed by atoms with E-state index in [9.17, 15) is 4.79 Å². The minimum atomic E-state index is -0.424. The highest BCUT2D eigenvalue weighted by Crippen LogP contribution is 2.26. The van der Waals surface area contributed by atoms with Crippen molar-refractivity contribution in [2.75, 3.05) is 0 Å². The molecular formula is C13H17N3OS. The van der Waals surface area contributed by atoms with E-state index in [-0.39, 0.29) is 11.8 Å². The van der Waals surface area contributed by atoms with Crippen molar-refractivity contribution in [3.8, 4) is 0 Å². The van der Waals surface area contributed by atoms with Gasteiger partial charge >= 0.3 is 0 Å². The molecule has 3 N–H and O–H groups in total. The van der Waals surface area contributed by atoms with Crippen LogP contribution in [0.15, 0.2) is 18.2 Å². The molecule has 96 valence electrons. The number of benzene rings is 1. The van der Waals surface area contributed by atoms with Crippen LogP contribution in [0.2, 0.25) is 0 Å². The second-order valence-corrected chi connectivity index (χ2v) is 5.25. The van der Waals surface area contributed by atoms with Crippen molar-refractivity contribution in [3.63, 3.8) is 0 Å². The van der Waals surface area contributed by atoms with E-state index < -0.39 is 6.04 Å². The third kappa shape index (κ3) is 1.95. The van der Waals surface area contributed by atoms with Crippen LogP contribution in [-0.4, -0.2) is 15.5 Å². The van der Waals surface area contributed by atoms with Gasteiger partial charge in [-0.25, -0.2) is 0 Å². The molecular weight excluding hydrogens is 246 g/mol. The van der Waals surface area contributed by atoms with E-state index in [0.29, 0.717) is 4.77 Å². The molecule has 0 saturated heterocycles. The number of nitrogens with two attached hydrogens (primary N) is 1. The lowest BCUT2D eigenvalue weighted by atomic mass is 10.0. The molecule has 2 rings (SSSR count). The fourth-order valence-corrected chi connectivity index (χ4v) is 2.69. The first-order valence-corrected chi connectivity index (χ1v) is 6.33. The largest absolute Gasteiger partial charge is 0.368 e. The Kier molecular flexibility index (Phi) is 3.26. The van der Waals surface area contributed by atoms with Crippen molar-refractivity contribution in [1.29, 1.82) is 0 Å². The van der Waals surface area contributed by atoms with Gasteiger partial charge in [0, 0.05) is 0 Å². The Bertz CT molecular complexity index is 654. The van der Waals surface area contributed by atoms with Crippen LogP contribution in [0.25, 0.3) is 11.0 Å². The lowest BCUT2D eigenvalue weighted by molar-refractivity contribution is -0.122. The zero-order chi connectivity index (χ0) is 13.4. The number of imidazole rings is 1. The second kappa shape index (κ2) is 4.57. The highest BCUT2D eigenvalue weighted by Gasteiger charge is 2.24. The number of carbonyl (C=O) groups excluding carboxylic acids is 1. The van der Waals surface area contributed by atoms with Gasteiger partial charge in [-0.3, -0.25) is 4.79 Å². The van der Waals surface area contributed by atoms with Gasteiger partial charge in [0.25, 0.3) is 0 Å². The molecule has 4 nitrogen and oxygen atoms in total. The number of amides is 1. The molecule has 0 bridgehead atoms. The van der Waals surface area contributed by atoms with Crippen molar-refractivity contribution in [1.82, 2.24) is 9.55 Å². The van der Waals surface area contributed by atoms with Gasteiger partial charge in [0.05, 0.1) is 11.0 Å². The van der Waals surface area contributed by atoms with Crippen LogP contribution < -0.4 is 5.73 Å². The normalized spacial score (nSPS) is 13.1. The molecule has 1 heterocycles. The Hall–Kier alpha value is -1.62. The van der Waals surface area contributed by atoms with E-state index >= 15 is 0 Å².